The number of fused-ring (bicyclic) bond motifs is 1. The number of hydrogen-bond donors (Lipinski definition) is 1. The zero-order valence-corrected chi connectivity index (χ0v) is 14.4. The van der Waals surface area contributed by atoms with Crippen molar-refractivity contribution >= 4 is 45.4 Å². The highest BCUT2D eigenvalue weighted by molar-refractivity contribution is 7.19. The third-order valence-corrected chi connectivity index (χ3v) is 4.70. The molecule has 0 fully saturated rings. The van der Waals surface area contributed by atoms with Gasteiger partial charge in [-0.3, -0.25) is 4.79 Å². The predicted molar refractivity (Wildman–Crippen MR) is 101 cm³/mol. The van der Waals surface area contributed by atoms with E-state index in [0.717, 1.165) is 32.0 Å². The maximum atomic E-state index is 11.1. The number of carboxylic acid groups (broad SMARTS) is 1. The van der Waals surface area contributed by atoms with Crippen LogP contribution in [0.2, 0.25) is 0 Å². The summed E-state index contributed by atoms with van der Waals surface area (Å²) in [5.74, 6) is -0.833. The molecule has 3 aromatic rings. The first-order valence-corrected chi connectivity index (χ1v) is 8.40. The number of aromatic nitrogens is 1. The third kappa shape index (κ3) is 3.63. The highest BCUT2D eigenvalue weighted by atomic mass is 32.1. The molecule has 4 nitrogen and oxygen atoms in total. The van der Waals surface area contributed by atoms with Crippen LogP contribution in [0.25, 0.3) is 22.4 Å². The highest BCUT2D eigenvalue weighted by Crippen LogP contribution is 2.25. The number of anilines is 1. The zero-order valence-electron chi connectivity index (χ0n) is 13.6. The van der Waals surface area contributed by atoms with Crippen LogP contribution in [0.15, 0.2) is 42.5 Å². The van der Waals surface area contributed by atoms with Crippen LogP contribution in [0.3, 0.4) is 0 Å². The van der Waals surface area contributed by atoms with Gasteiger partial charge in [-0.25, -0.2) is 4.98 Å². The summed E-state index contributed by atoms with van der Waals surface area (Å²) in [6.07, 6.45) is 3.89. The van der Waals surface area contributed by atoms with Crippen molar-refractivity contribution in [2.75, 3.05) is 19.0 Å². The molecule has 1 heterocycles. The summed E-state index contributed by atoms with van der Waals surface area (Å²) in [7, 11) is 3.88. The van der Waals surface area contributed by atoms with E-state index in [1.807, 2.05) is 73.6 Å². The fourth-order valence-corrected chi connectivity index (χ4v) is 3.34. The van der Waals surface area contributed by atoms with Crippen LogP contribution in [0, 0.1) is 0 Å². The van der Waals surface area contributed by atoms with Gasteiger partial charge in [0.15, 0.2) is 0 Å². The van der Waals surface area contributed by atoms with Gasteiger partial charge in [0.2, 0.25) is 0 Å². The van der Waals surface area contributed by atoms with E-state index >= 15 is 0 Å². The Balaban J connectivity index is 1.93. The molecule has 1 aromatic heterocycles. The SMILES string of the molecule is CN(C)c1ccc(C=Cc2nc3ccccc3s2)c(CC(=O)O)c1. The maximum absolute atomic E-state index is 11.1. The van der Waals surface area contributed by atoms with Gasteiger partial charge in [-0.2, -0.15) is 0 Å². The Hall–Kier alpha value is -2.66. The Morgan fingerprint density at radius 1 is 1.21 bits per heavy atom. The number of aliphatic carboxylic acids is 1. The molecule has 0 radical (unpaired) electrons. The number of carboxylic acids is 1. The molecule has 1 N–H and O–H groups in total. The fourth-order valence-electron chi connectivity index (χ4n) is 2.47. The van der Waals surface area contributed by atoms with Gasteiger partial charge in [0.05, 0.1) is 16.6 Å². The number of para-hydroxylation sites is 1. The second kappa shape index (κ2) is 6.84. The average Bonchev–Trinajstić information content (AvgIpc) is 2.95. The van der Waals surface area contributed by atoms with Crippen molar-refractivity contribution in [3.05, 3.63) is 58.6 Å². The fraction of sp³-hybridized carbons (Fsp3) is 0.158. The molecule has 24 heavy (non-hydrogen) atoms. The number of carbonyl (C=O) groups is 1. The lowest BCUT2D eigenvalue weighted by molar-refractivity contribution is -0.136. The standard InChI is InChI=1S/C19H18N2O2S/c1-21(2)15-9-7-13(14(11-15)12-19(22)23)8-10-18-20-16-5-3-4-6-17(16)24-18/h3-11H,12H2,1-2H3,(H,22,23). The number of rotatable bonds is 5. The minimum Gasteiger partial charge on any atom is -0.481 e. The van der Waals surface area contributed by atoms with Crippen LogP contribution in [0.4, 0.5) is 5.69 Å². The van der Waals surface area contributed by atoms with E-state index in [9.17, 15) is 4.79 Å². The van der Waals surface area contributed by atoms with Crippen LogP contribution in [-0.4, -0.2) is 30.2 Å². The summed E-state index contributed by atoms with van der Waals surface area (Å²) in [5.41, 5.74) is 3.67. The summed E-state index contributed by atoms with van der Waals surface area (Å²) in [5, 5.41) is 10.1. The van der Waals surface area contributed by atoms with Gasteiger partial charge in [0.1, 0.15) is 5.01 Å². The van der Waals surface area contributed by atoms with Crippen molar-refractivity contribution in [2.45, 2.75) is 6.42 Å². The summed E-state index contributed by atoms with van der Waals surface area (Å²) >= 11 is 1.62. The molecule has 3 rings (SSSR count). The molecule has 5 heteroatoms. The van der Waals surface area contributed by atoms with E-state index in [0.29, 0.717) is 0 Å². The molecule has 0 bridgehead atoms. The van der Waals surface area contributed by atoms with Crippen LogP contribution in [0.1, 0.15) is 16.1 Å². The van der Waals surface area contributed by atoms with E-state index in [1.54, 1.807) is 11.3 Å². The average molecular weight is 338 g/mol. The number of thiazole rings is 1. The molecule has 0 aliphatic carbocycles. The molecule has 0 spiro atoms. The van der Waals surface area contributed by atoms with Crippen molar-refractivity contribution < 1.29 is 9.90 Å². The third-order valence-electron chi connectivity index (χ3n) is 3.70. The van der Waals surface area contributed by atoms with Crippen molar-refractivity contribution in [3.8, 4) is 0 Å². The van der Waals surface area contributed by atoms with E-state index in [1.165, 1.54) is 0 Å². The second-order valence-electron chi connectivity index (χ2n) is 5.70. The van der Waals surface area contributed by atoms with Crippen molar-refractivity contribution in [3.63, 3.8) is 0 Å². The minimum absolute atomic E-state index is 0.00119. The molecular formula is C19H18N2O2S. The van der Waals surface area contributed by atoms with Crippen LogP contribution in [-0.2, 0) is 11.2 Å². The van der Waals surface area contributed by atoms with E-state index in [2.05, 4.69) is 4.98 Å². The normalized spacial score (nSPS) is 11.2. The highest BCUT2D eigenvalue weighted by Gasteiger charge is 2.08. The molecule has 2 aromatic carbocycles. The van der Waals surface area contributed by atoms with Gasteiger partial charge >= 0.3 is 5.97 Å². The molecule has 0 saturated heterocycles. The Morgan fingerprint density at radius 3 is 2.71 bits per heavy atom. The summed E-state index contributed by atoms with van der Waals surface area (Å²) in [4.78, 5) is 17.7. The first-order valence-electron chi connectivity index (χ1n) is 7.58. The number of hydrogen-bond acceptors (Lipinski definition) is 4. The first kappa shape index (κ1) is 16.2. The maximum Gasteiger partial charge on any atom is 0.307 e. The molecule has 0 unspecified atom stereocenters. The molecule has 0 saturated carbocycles. The Morgan fingerprint density at radius 2 is 2.00 bits per heavy atom. The summed E-state index contributed by atoms with van der Waals surface area (Å²) < 4.78 is 1.14. The van der Waals surface area contributed by atoms with Crippen molar-refractivity contribution in [1.29, 1.82) is 0 Å². The van der Waals surface area contributed by atoms with Crippen LogP contribution < -0.4 is 4.90 Å². The summed E-state index contributed by atoms with van der Waals surface area (Å²) in [6.45, 7) is 0. The largest absolute Gasteiger partial charge is 0.481 e. The predicted octanol–water partition coefficient (Wildman–Crippen LogP) is 4.16. The number of nitrogens with zero attached hydrogens (tertiary/aromatic N) is 2. The van der Waals surface area contributed by atoms with E-state index < -0.39 is 5.97 Å². The molecule has 0 atom stereocenters. The molecular weight excluding hydrogens is 320 g/mol. The van der Waals surface area contributed by atoms with E-state index in [4.69, 9.17) is 5.11 Å². The summed E-state index contributed by atoms with van der Waals surface area (Å²) in [6, 6.07) is 13.9. The van der Waals surface area contributed by atoms with Gasteiger partial charge in [-0.05, 0) is 41.5 Å². The lowest BCUT2D eigenvalue weighted by Gasteiger charge is -2.15. The smallest absolute Gasteiger partial charge is 0.307 e. The first-order chi connectivity index (χ1) is 11.5. The molecule has 0 aliphatic heterocycles. The quantitative estimate of drug-likeness (QED) is 0.759. The van der Waals surface area contributed by atoms with E-state index in [-0.39, 0.29) is 6.42 Å². The van der Waals surface area contributed by atoms with Crippen molar-refractivity contribution in [1.82, 2.24) is 4.98 Å². The monoisotopic (exact) mass is 338 g/mol. The van der Waals surface area contributed by atoms with Gasteiger partial charge in [0.25, 0.3) is 0 Å². The van der Waals surface area contributed by atoms with Crippen LogP contribution in [0.5, 0.6) is 0 Å². The number of benzene rings is 2. The lowest BCUT2D eigenvalue weighted by Crippen LogP contribution is -2.10. The molecule has 0 amide bonds. The van der Waals surface area contributed by atoms with Gasteiger partial charge in [-0.1, -0.05) is 24.3 Å². The Labute approximate surface area is 144 Å². The lowest BCUT2D eigenvalue weighted by atomic mass is 10.0. The Bertz CT molecular complexity index is 880. The van der Waals surface area contributed by atoms with Crippen molar-refractivity contribution in [2.24, 2.45) is 0 Å². The van der Waals surface area contributed by atoms with Gasteiger partial charge in [0, 0.05) is 19.8 Å². The minimum atomic E-state index is -0.833. The van der Waals surface area contributed by atoms with Crippen LogP contribution >= 0.6 is 11.3 Å². The van der Waals surface area contributed by atoms with Gasteiger partial charge < -0.3 is 10.0 Å². The molecule has 0 aliphatic rings. The van der Waals surface area contributed by atoms with Gasteiger partial charge in [-0.15, -0.1) is 11.3 Å². The molecule has 122 valence electrons. The topological polar surface area (TPSA) is 53.4 Å². The zero-order chi connectivity index (χ0) is 17.1. The Kier molecular flexibility index (Phi) is 4.62. The second-order valence-corrected chi connectivity index (χ2v) is 6.76.